The van der Waals surface area contributed by atoms with Crippen LogP contribution in [0.2, 0.25) is 0 Å². The molecular weight excluding hydrogens is 354 g/mol. The number of carboxylic acid groups (broad SMARTS) is 1. The van der Waals surface area contributed by atoms with Crippen LogP contribution in [0.1, 0.15) is 10.4 Å². The molecule has 5 nitrogen and oxygen atoms in total. The molecule has 0 aliphatic carbocycles. The van der Waals surface area contributed by atoms with Crippen LogP contribution in [0, 0.1) is 9.39 Å². The zero-order chi connectivity index (χ0) is 13.1. The molecule has 0 amide bonds. The molecule has 0 aliphatic heterocycles. The van der Waals surface area contributed by atoms with Gasteiger partial charge >= 0.3 is 12.0 Å². The number of benzene rings is 1. The molecule has 18 heavy (non-hydrogen) atoms. The second kappa shape index (κ2) is 5.25. The van der Waals surface area contributed by atoms with E-state index < -0.39 is 11.8 Å². The summed E-state index contributed by atoms with van der Waals surface area (Å²) < 4.78 is 19.0. The fourth-order valence-corrected chi connectivity index (χ4v) is 1.49. The van der Waals surface area contributed by atoms with Crippen molar-refractivity contribution >= 4 is 28.6 Å². The van der Waals surface area contributed by atoms with Crippen molar-refractivity contribution in [3.63, 3.8) is 0 Å². The average Bonchev–Trinajstić information content (AvgIpc) is 2.34. The highest BCUT2D eigenvalue weighted by Gasteiger charge is 2.14. The van der Waals surface area contributed by atoms with Crippen LogP contribution in [0.4, 0.5) is 4.39 Å². The number of carbonyl (C=O) groups is 1. The molecule has 1 aromatic heterocycles. The highest BCUT2D eigenvalue weighted by Crippen LogP contribution is 2.23. The zero-order valence-corrected chi connectivity index (χ0v) is 11.0. The molecule has 0 saturated heterocycles. The quantitative estimate of drug-likeness (QED) is 0.853. The van der Waals surface area contributed by atoms with Gasteiger partial charge in [0.25, 0.3) is 0 Å². The number of hydrogen-bond acceptors (Lipinski definition) is 4. The van der Waals surface area contributed by atoms with Gasteiger partial charge in [-0.05, 0) is 40.8 Å². The number of rotatable bonds is 3. The Kier molecular flexibility index (Phi) is 3.70. The maximum absolute atomic E-state index is 12.9. The monoisotopic (exact) mass is 360 g/mol. The molecule has 0 aliphatic rings. The largest absolute Gasteiger partial charge is 0.478 e. The van der Waals surface area contributed by atoms with Crippen molar-refractivity contribution in [2.24, 2.45) is 0 Å². The number of aromatic carboxylic acids is 1. The van der Waals surface area contributed by atoms with Gasteiger partial charge in [-0.2, -0.15) is 0 Å². The maximum Gasteiger partial charge on any atom is 0.339 e. The first-order valence-corrected chi connectivity index (χ1v) is 5.82. The predicted octanol–water partition coefficient (Wildman–Crippen LogP) is 2.71. The highest BCUT2D eigenvalue weighted by molar-refractivity contribution is 14.1. The van der Waals surface area contributed by atoms with Gasteiger partial charge in [0, 0.05) is 16.0 Å². The molecule has 2 aromatic rings. The van der Waals surface area contributed by atoms with Crippen molar-refractivity contribution in [3.8, 4) is 11.8 Å². The Morgan fingerprint density at radius 3 is 2.61 bits per heavy atom. The van der Waals surface area contributed by atoms with Gasteiger partial charge in [0.1, 0.15) is 17.1 Å². The minimum absolute atomic E-state index is 0.00419. The van der Waals surface area contributed by atoms with Crippen LogP contribution < -0.4 is 4.74 Å². The van der Waals surface area contributed by atoms with Gasteiger partial charge in [0.05, 0.1) is 0 Å². The summed E-state index contributed by atoms with van der Waals surface area (Å²) in [5.74, 6) is -1.94. The van der Waals surface area contributed by atoms with E-state index in [1.807, 2.05) is 22.6 Å². The summed E-state index contributed by atoms with van der Waals surface area (Å²) in [5, 5.41) is 8.92. The first kappa shape index (κ1) is 12.7. The summed E-state index contributed by atoms with van der Waals surface area (Å²) in [4.78, 5) is 18.7. The molecule has 0 fully saturated rings. The van der Waals surface area contributed by atoms with Gasteiger partial charge in [0.2, 0.25) is 0 Å². The van der Waals surface area contributed by atoms with Gasteiger partial charge in [0.15, 0.2) is 0 Å². The number of aromatic nitrogens is 2. The Morgan fingerprint density at radius 1 is 1.33 bits per heavy atom. The average molecular weight is 360 g/mol. The lowest BCUT2D eigenvalue weighted by Crippen LogP contribution is -2.02. The normalized spacial score (nSPS) is 10.1. The van der Waals surface area contributed by atoms with Gasteiger partial charge in [-0.25, -0.2) is 19.2 Å². The van der Waals surface area contributed by atoms with Crippen molar-refractivity contribution in [2.75, 3.05) is 0 Å². The fourth-order valence-electron chi connectivity index (χ4n) is 1.21. The lowest BCUT2D eigenvalue weighted by molar-refractivity contribution is 0.0693. The van der Waals surface area contributed by atoms with Gasteiger partial charge in [-0.1, -0.05) is 0 Å². The molecule has 1 N–H and O–H groups in total. The van der Waals surface area contributed by atoms with Crippen LogP contribution in [0.25, 0.3) is 0 Å². The highest BCUT2D eigenvalue weighted by atomic mass is 127. The number of ether oxygens (including phenoxy) is 1. The van der Waals surface area contributed by atoms with Gasteiger partial charge < -0.3 is 9.84 Å². The molecule has 0 spiro atoms. The minimum atomic E-state index is -1.28. The molecule has 1 aromatic carbocycles. The Hall–Kier alpha value is -1.77. The molecule has 2 rings (SSSR count). The van der Waals surface area contributed by atoms with E-state index in [9.17, 15) is 9.18 Å². The molecule has 0 bridgehead atoms. The Labute approximate surface area is 115 Å². The number of halogens is 2. The number of carboxylic acids is 1. The maximum atomic E-state index is 12.9. The summed E-state index contributed by atoms with van der Waals surface area (Å²) >= 11 is 2.02. The molecule has 0 unspecified atom stereocenters. The number of hydrogen-bond donors (Lipinski definition) is 1. The third-order valence-electron chi connectivity index (χ3n) is 1.97. The van der Waals surface area contributed by atoms with Gasteiger partial charge in [-0.3, -0.25) is 0 Å². The van der Waals surface area contributed by atoms with Crippen molar-refractivity contribution in [3.05, 3.63) is 45.5 Å². The van der Waals surface area contributed by atoms with Crippen LogP contribution in [0.3, 0.4) is 0 Å². The summed E-state index contributed by atoms with van der Waals surface area (Å²) in [5.41, 5.74) is -0.280. The standard InChI is InChI=1S/C11H6FIN2O3/c12-6-1-2-9(8(3-6)10(16)17)18-11-14-4-7(13)5-15-11/h1-5H,(H,16,17). The summed E-state index contributed by atoms with van der Waals surface area (Å²) in [7, 11) is 0. The lowest BCUT2D eigenvalue weighted by Gasteiger charge is -2.06. The van der Waals surface area contributed by atoms with Gasteiger partial charge in [-0.15, -0.1) is 0 Å². The van der Waals surface area contributed by atoms with E-state index in [0.29, 0.717) is 0 Å². The molecule has 92 valence electrons. The number of nitrogens with zero attached hydrogens (tertiary/aromatic N) is 2. The molecular formula is C11H6FIN2O3. The van der Waals surface area contributed by atoms with Crippen LogP contribution in [-0.4, -0.2) is 21.0 Å². The van der Waals surface area contributed by atoms with Crippen molar-refractivity contribution in [1.29, 1.82) is 0 Å². The molecule has 7 heteroatoms. The second-order valence-corrected chi connectivity index (χ2v) is 4.48. The minimum Gasteiger partial charge on any atom is -0.478 e. The van der Waals surface area contributed by atoms with E-state index in [1.165, 1.54) is 18.5 Å². The van der Waals surface area contributed by atoms with Crippen LogP contribution in [-0.2, 0) is 0 Å². The first-order chi connectivity index (χ1) is 8.56. The summed E-state index contributed by atoms with van der Waals surface area (Å²) in [6.45, 7) is 0. The zero-order valence-electron chi connectivity index (χ0n) is 8.80. The summed E-state index contributed by atoms with van der Waals surface area (Å²) in [6, 6.07) is 3.21. The fraction of sp³-hybridized carbons (Fsp3) is 0. The van der Waals surface area contributed by atoms with E-state index in [1.54, 1.807) is 0 Å². The van der Waals surface area contributed by atoms with E-state index >= 15 is 0 Å². The molecule has 0 saturated carbocycles. The Bertz CT molecular complexity index is 589. The van der Waals surface area contributed by atoms with E-state index in [-0.39, 0.29) is 17.3 Å². The van der Waals surface area contributed by atoms with E-state index in [4.69, 9.17) is 9.84 Å². The van der Waals surface area contributed by atoms with Crippen LogP contribution in [0.15, 0.2) is 30.6 Å². The summed E-state index contributed by atoms with van der Waals surface area (Å²) in [6.07, 6.45) is 3.04. The van der Waals surface area contributed by atoms with Crippen molar-refractivity contribution < 1.29 is 19.0 Å². The van der Waals surface area contributed by atoms with Crippen LogP contribution >= 0.6 is 22.6 Å². The smallest absolute Gasteiger partial charge is 0.339 e. The van der Waals surface area contributed by atoms with Crippen LogP contribution in [0.5, 0.6) is 11.8 Å². The Balaban J connectivity index is 2.34. The first-order valence-electron chi connectivity index (χ1n) is 4.74. The topological polar surface area (TPSA) is 72.3 Å². The lowest BCUT2D eigenvalue weighted by atomic mass is 10.2. The molecule has 0 radical (unpaired) electrons. The Morgan fingerprint density at radius 2 is 2.00 bits per heavy atom. The van der Waals surface area contributed by atoms with Crippen molar-refractivity contribution in [2.45, 2.75) is 0 Å². The third kappa shape index (κ3) is 2.92. The molecule has 1 heterocycles. The SMILES string of the molecule is O=C(O)c1cc(F)ccc1Oc1ncc(I)cn1. The third-order valence-corrected chi connectivity index (χ3v) is 2.53. The predicted molar refractivity (Wildman–Crippen MR) is 68.2 cm³/mol. The van der Waals surface area contributed by atoms with E-state index in [0.717, 1.165) is 15.7 Å². The second-order valence-electron chi connectivity index (χ2n) is 3.23. The molecule has 0 atom stereocenters. The van der Waals surface area contributed by atoms with Crippen molar-refractivity contribution in [1.82, 2.24) is 9.97 Å². The van der Waals surface area contributed by atoms with E-state index in [2.05, 4.69) is 9.97 Å².